The highest BCUT2D eigenvalue weighted by Crippen LogP contribution is 2.24. The van der Waals surface area contributed by atoms with Crippen LogP contribution >= 0.6 is 0 Å². The minimum atomic E-state index is -0.726. The molecule has 0 aliphatic heterocycles. The van der Waals surface area contributed by atoms with E-state index < -0.39 is 12.1 Å². The summed E-state index contributed by atoms with van der Waals surface area (Å²) in [7, 11) is 0. The zero-order valence-electron chi connectivity index (χ0n) is 15.7. The lowest BCUT2D eigenvalue weighted by molar-refractivity contribution is -0.122. The lowest BCUT2D eigenvalue weighted by Crippen LogP contribution is -2.49. The van der Waals surface area contributed by atoms with Crippen LogP contribution in [0.25, 0.3) is 0 Å². The molecule has 6 nitrogen and oxygen atoms in total. The third kappa shape index (κ3) is 5.34. The molecule has 3 amide bonds. The van der Waals surface area contributed by atoms with Crippen molar-refractivity contribution >= 4 is 17.6 Å². The van der Waals surface area contributed by atoms with E-state index in [-0.39, 0.29) is 18.9 Å². The van der Waals surface area contributed by atoms with Crippen molar-refractivity contribution in [1.29, 1.82) is 5.26 Å². The molecular formula is C22H24N4O2. The Morgan fingerprint density at radius 3 is 2.64 bits per heavy atom. The van der Waals surface area contributed by atoms with E-state index in [9.17, 15) is 9.59 Å². The lowest BCUT2D eigenvalue weighted by Gasteiger charge is -2.19. The van der Waals surface area contributed by atoms with Gasteiger partial charge < -0.3 is 16.0 Å². The number of nitrogens with zero attached hydrogens (tertiary/aromatic N) is 1. The largest absolute Gasteiger partial charge is 0.353 e. The normalized spacial score (nSPS) is 13.1. The standard InChI is InChI=1S/C22H24N4O2/c23-12-5-13-24-21(27)20(14-16-6-2-1-3-7-16)26-22(28)25-19-11-10-17-8-4-9-18(17)15-19/h1-3,6-7,10-11,15,20H,4-5,8-9,13-14H2,(H,24,27)(H2,25,26,28). The van der Waals surface area contributed by atoms with E-state index in [1.807, 2.05) is 54.6 Å². The molecule has 0 fully saturated rings. The Morgan fingerprint density at radius 2 is 1.86 bits per heavy atom. The molecule has 3 rings (SSSR count). The van der Waals surface area contributed by atoms with Gasteiger partial charge in [0.2, 0.25) is 5.91 Å². The van der Waals surface area contributed by atoms with Crippen LogP contribution in [0.1, 0.15) is 29.5 Å². The Kier molecular flexibility index (Phi) is 6.64. The van der Waals surface area contributed by atoms with Gasteiger partial charge in [0.05, 0.1) is 12.5 Å². The Bertz CT molecular complexity index is 874. The molecule has 0 radical (unpaired) electrons. The van der Waals surface area contributed by atoms with Crippen molar-refractivity contribution in [2.45, 2.75) is 38.1 Å². The van der Waals surface area contributed by atoms with E-state index in [2.05, 4.69) is 16.0 Å². The maximum atomic E-state index is 12.5. The third-order valence-corrected chi connectivity index (χ3v) is 4.80. The number of amides is 3. The second kappa shape index (κ2) is 9.56. The number of aryl methyl sites for hydroxylation is 2. The van der Waals surface area contributed by atoms with Gasteiger partial charge >= 0.3 is 6.03 Å². The van der Waals surface area contributed by atoms with Crippen molar-refractivity contribution in [3.05, 3.63) is 65.2 Å². The lowest BCUT2D eigenvalue weighted by atomic mass is 10.1. The minimum Gasteiger partial charge on any atom is -0.353 e. The van der Waals surface area contributed by atoms with Crippen molar-refractivity contribution in [2.75, 3.05) is 11.9 Å². The van der Waals surface area contributed by atoms with Gasteiger partial charge in [0.25, 0.3) is 0 Å². The molecule has 6 heteroatoms. The van der Waals surface area contributed by atoms with Crippen molar-refractivity contribution in [3.8, 4) is 6.07 Å². The van der Waals surface area contributed by atoms with E-state index in [0.29, 0.717) is 6.42 Å². The number of urea groups is 1. The predicted molar refractivity (Wildman–Crippen MR) is 108 cm³/mol. The monoisotopic (exact) mass is 376 g/mol. The van der Waals surface area contributed by atoms with Crippen LogP contribution in [-0.4, -0.2) is 24.5 Å². The van der Waals surface area contributed by atoms with Crippen LogP contribution in [-0.2, 0) is 24.1 Å². The number of carbonyl (C=O) groups excluding carboxylic acids is 2. The van der Waals surface area contributed by atoms with Crippen LogP contribution in [0, 0.1) is 11.3 Å². The molecule has 1 aliphatic rings. The molecule has 1 atom stereocenters. The Hall–Kier alpha value is -3.33. The fraction of sp³-hybridized carbons (Fsp3) is 0.318. The number of carbonyl (C=O) groups is 2. The summed E-state index contributed by atoms with van der Waals surface area (Å²) in [5.41, 5.74) is 4.28. The first-order chi connectivity index (χ1) is 13.7. The smallest absolute Gasteiger partial charge is 0.319 e. The van der Waals surface area contributed by atoms with Gasteiger partial charge in [-0.25, -0.2) is 4.79 Å². The zero-order valence-corrected chi connectivity index (χ0v) is 15.7. The molecule has 0 aromatic heterocycles. The molecule has 0 bridgehead atoms. The molecule has 0 spiro atoms. The van der Waals surface area contributed by atoms with E-state index in [0.717, 1.165) is 30.5 Å². The van der Waals surface area contributed by atoms with Gasteiger partial charge in [0.1, 0.15) is 6.04 Å². The predicted octanol–water partition coefficient (Wildman–Crippen LogP) is 2.94. The van der Waals surface area contributed by atoms with Gasteiger partial charge in [-0.3, -0.25) is 4.79 Å². The third-order valence-electron chi connectivity index (χ3n) is 4.80. The van der Waals surface area contributed by atoms with E-state index in [1.165, 1.54) is 11.1 Å². The summed E-state index contributed by atoms with van der Waals surface area (Å²) in [4.78, 5) is 25.0. The Labute approximate surface area is 164 Å². The zero-order chi connectivity index (χ0) is 19.8. The maximum Gasteiger partial charge on any atom is 0.319 e. The Balaban J connectivity index is 1.64. The van der Waals surface area contributed by atoms with E-state index in [1.54, 1.807) is 0 Å². The van der Waals surface area contributed by atoms with E-state index in [4.69, 9.17) is 5.26 Å². The number of hydrogen-bond acceptors (Lipinski definition) is 3. The van der Waals surface area contributed by atoms with E-state index >= 15 is 0 Å². The topological polar surface area (TPSA) is 94.0 Å². The molecule has 0 saturated carbocycles. The fourth-order valence-electron chi connectivity index (χ4n) is 3.40. The summed E-state index contributed by atoms with van der Waals surface area (Å²) in [6.07, 6.45) is 3.86. The number of benzene rings is 2. The van der Waals surface area contributed by atoms with Crippen molar-refractivity contribution in [2.24, 2.45) is 0 Å². The van der Waals surface area contributed by atoms with Crippen LogP contribution in [0.15, 0.2) is 48.5 Å². The molecule has 0 saturated heterocycles. The summed E-state index contributed by atoms with van der Waals surface area (Å²) in [5, 5.41) is 16.9. The SMILES string of the molecule is N#CCCNC(=O)C(Cc1ccccc1)NC(=O)Nc1ccc2c(c1)CCC2. The molecule has 144 valence electrons. The van der Waals surface area contributed by atoms with Crippen LogP contribution in [0.5, 0.6) is 0 Å². The average molecular weight is 376 g/mol. The molecule has 1 aliphatic carbocycles. The number of nitriles is 1. The van der Waals surface area contributed by atoms with Crippen LogP contribution in [0.3, 0.4) is 0 Å². The van der Waals surface area contributed by atoms with Gasteiger partial charge in [-0.05, 0) is 48.1 Å². The van der Waals surface area contributed by atoms with Gasteiger partial charge in [-0.2, -0.15) is 5.26 Å². The highest BCUT2D eigenvalue weighted by molar-refractivity contribution is 5.94. The first kappa shape index (κ1) is 19.4. The van der Waals surface area contributed by atoms with Gasteiger partial charge in [-0.15, -0.1) is 0 Å². The maximum absolute atomic E-state index is 12.5. The van der Waals surface area contributed by atoms with Crippen molar-refractivity contribution in [1.82, 2.24) is 10.6 Å². The number of fused-ring (bicyclic) bond motifs is 1. The summed E-state index contributed by atoms with van der Waals surface area (Å²) in [5.74, 6) is -0.303. The molecule has 28 heavy (non-hydrogen) atoms. The fourth-order valence-corrected chi connectivity index (χ4v) is 3.40. The molecule has 2 aromatic carbocycles. The summed E-state index contributed by atoms with van der Waals surface area (Å²) in [6, 6.07) is 16.3. The summed E-state index contributed by atoms with van der Waals surface area (Å²) in [6.45, 7) is 0.259. The van der Waals surface area contributed by atoms with Crippen LogP contribution < -0.4 is 16.0 Å². The highest BCUT2D eigenvalue weighted by atomic mass is 16.2. The van der Waals surface area contributed by atoms with Gasteiger partial charge in [0, 0.05) is 18.7 Å². The molecule has 0 heterocycles. The number of anilines is 1. The number of rotatable bonds is 7. The van der Waals surface area contributed by atoms with Crippen molar-refractivity contribution < 1.29 is 9.59 Å². The highest BCUT2D eigenvalue weighted by Gasteiger charge is 2.21. The molecule has 3 N–H and O–H groups in total. The summed E-state index contributed by atoms with van der Waals surface area (Å²) < 4.78 is 0. The van der Waals surface area contributed by atoms with Crippen LogP contribution in [0.2, 0.25) is 0 Å². The first-order valence-corrected chi connectivity index (χ1v) is 9.53. The average Bonchev–Trinajstić information content (AvgIpc) is 3.16. The molecular weight excluding hydrogens is 352 g/mol. The van der Waals surface area contributed by atoms with Crippen LogP contribution in [0.4, 0.5) is 10.5 Å². The Morgan fingerprint density at radius 1 is 1.07 bits per heavy atom. The number of nitrogens with one attached hydrogen (secondary N) is 3. The quantitative estimate of drug-likeness (QED) is 0.649. The van der Waals surface area contributed by atoms with Crippen molar-refractivity contribution in [3.63, 3.8) is 0 Å². The minimum absolute atomic E-state index is 0.227. The number of hydrogen-bond donors (Lipinski definition) is 3. The van der Waals surface area contributed by atoms with Gasteiger partial charge in [0.15, 0.2) is 0 Å². The second-order valence-corrected chi connectivity index (χ2v) is 6.88. The summed E-state index contributed by atoms with van der Waals surface area (Å²) >= 11 is 0. The van der Waals surface area contributed by atoms with Gasteiger partial charge in [-0.1, -0.05) is 36.4 Å². The molecule has 1 unspecified atom stereocenters. The molecule has 2 aromatic rings. The second-order valence-electron chi connectivity index (χ2n) is 6.88. The first-order valence-electron chi connectivity index (χ1n) is 9.53.